The molecule has 0 aliphatic rings. The second kappa shape index (κ2) is 32.1. The van der Waals surface area contributed by atoms with Crippen molar-refractivity contribution in [2.24, 2.45) is 5.73 Å². The Morgan fingerprint density at radius 2 is 0.624 bits per heavy atom. The maximum Gasteiger partial charge on any atom is 0.412 e. The van der Waals surface area contributed by atoms with Crippen LogP contribution in [0, 0.1) is 0 Å². The average molecular weight is 1180 g/mol. The lowest BCUT2D eigenvalue weighted by atomic mass is 9.82. The molecule has 4 rings (SSSR count). The van der Waals surface area contributed by atoms with Crippen LogP contribution in [0.25, 0.3) is 0 Å². The molecule has 0 aromatic heterocycles. The SMILES string of the molecule is CCOC(=O)c1ccc(NC(=O)NCc2c(CC)c(CC)c(CC)c(CNC(=O)Nc3ccc(C(=O)OCC)cc3NC(=O)OC(C)(C)C)c2CC)c(NC(=O)OC(C)(C)C)c1.CCOC(=O)c1ccc(NC(N)=O)c(NC(=O)OC(C)(C)C)c1. The van der Waals surface area contributed by atoms with Gasteiger partial charge in [-0.1, -0.05) is 27.7 Å². The van der Waals surface area contributed by atoms with Gasteiger partial charge in [0.2, 0.25) is 0 Å². The van der Waals surface area contributed by atoms with Crippen molar-refractivity contribution in [3.05, 3.63) is 105 Å². The van der Waals surface area contributed by atoms with Crippen LogP contribution in [0.15, 0.2) is 54.6 Å². The van der Waals surface area contributed by atoms with E-state index in [0.717, 1.165) is 33.4 Å². The molecule has 10 N–H and O–H groups in total. The highest BCUT2D eigenvalue weighted by atomic mass is 16.6. The summed E-state index contributed by atoms with van der Waals surface area (Å²) in [6.45, 7) is 29.6. The van der Waals surface area contributed by atoms with Crippen molar-refractivity contribution in [2.75, 3.05) is 51.7 Å². The van der Waals surface area contributed by atoms with Crippen molar-refractivity contribution in [3.63, 3.8) is 0 Å². The molecule has 4 aromatic carbocycles. The number of carbonyl (C=O) groups excluding carboxylic acids is 9. The van der Waals surface area contributed by atoms with Crippen LogP contribution in [-0.2, 0) is 67.2 Å². The monoisotopic (exact) mass is 1180 g/mol. The number of esters is 3. The Hall–Kier alpha value is -9.09. The minimum absolute atomic E-state index is 0.137. The molecule has 85 heavy (non-hydrogen) atoms. The zero-order valence-corrected chi connectivity index (χ0v) is 51.8. The fourth-order valence-corrected chi connectivity index (χ4v) is 8.56. The molecule has 0 saturated heterocycles. The highest BCUT2D eigenvalue weighted by Gasteiger charge is 2.25. The van der Waals surface area contributed by atoms with Gasteiger partial charge in [0.05, 0.1) is 70.6 Å². The predicted octanol–water partition coefficient (Wildman–Crippen LogP) is 12.3. The molecule has 0 aliphatic heterocycles. The number of benzene rings is 4. The zero-order chi connectivity index (χ0) is 64.0. The average Bonchev–Trinajstić information content (AvgIpc) is 2.06. The summed E-state index contributed by atoms with van der Waals surface area (Å²) in [4.78, 5) is 112. The van der Waals surface area contributed by atoms with E-state index in [2.05, 4.69) is 63.3 Å². The number of rotatable bonds is 20. The van der Waals surface area contributed by atoms with E-state index in [0.29, 0.717) is 25.7 Å². The van der Waals surface area contributed by atoms with Crippen molar-refractivity contribution < 1.29 is 71.6 Å². The lowest BCUT2D eigenvalue weighted by molar-refractivity contribution is 0.0517. The summed E-state index contributed by atoms with van der Waals surface area (Å²) in [5.41, 5.74) is 10.7. The molecular weight excluding hydrogens is 1100 g/mol. The molecule has 464 valence electrons. The molecule has 0 heterocycles. The Morgan fingerprint density at radius 3 is 0.871 bits per heavy atom. The maximum absolute atomic E-state index is 13.6. The van der Waals surface area contributed by atoms with E-state index < -0.39 is 71.1 Å². The smallest absolute Gasteiger partial charge is 0.412 e. The number of hydrogen-bond donors (Lipinski definition) is 9. The van der Waals surface area contributed by atoms with Crippen LogP contribution in [0.1, 0.15) is 175 Å². The molecule has 0 atom stereocenters. The number of ether oxygens (including phenoxy) is 6. The van der Waals surface area contributed by atoms with Gasteiger partial charge in [-0.05, 0) is 197 Å². The minimum atomic E-state index is -0.805. The van der Waals surface area contributed by atoms with Gasteiger partial charge in [-0.25, -0.2) is 43.2 Å². The number of hydrogen-bond acceptors (Lipinski definition) is 15. The number of carbonyl (C=O) groups is 9. The molecule has 9 amide bonds. The Kier molecular flexibility index (Phi) is 26.5. The number of urea groups is 3. The van der Waals surface area contributed by atoms with Gasteiger partial charge in [0.1, 0.15) is 16.8 Å². The van der Waals surface area contributed by atoms with Crippen molar-refractivity contribution in [1.29, 1.82) is 0 Å². The highest BCUT2D eigenvalue weighted by molar-refractivity contribution is 6.03. The third kappa shape index (κ3) is 22.9. The van der Waals surface area contributed by atoms with Gasteiger partial charge in [0, 0.05) is 13.1 Å². The van der Waals surface area contributed by atoms with E-state index in [4.69, 9.17) is 34.2 Å². The fourth-order valence-electron chi connectivity index (χ4n) is 8.56. The summed E-state index contributed by atoms with van der Waals surface area (Å²) in [6.07, 6.45) is 0.434. The minimum Gasteiger partial charge on any atom is -0.462 e. The first-order chi connectivity index (χ1) is 39.8. The van der Waals surface area contributed by atoms with Crippen LogP contribution < -0.4 is 48.3 Å². The number of nitrogens with one attached hydrogen (secondary N) is 8. The van der Waals surface area contributed by atoms with Crippen LogP contribution >= 0.6 is 0 Å². The van der Waals surface area contributed by atoms with E-state index >= 15 is 0 Å². The molecule has 0 aliphatic carbocycles. The van der Waals surface area contributed by atoms with Gasteiger partial charge < -0.3 is 60.7 Å². The number of nitrogens with two attached hydrogens (primary N) is 1. The van der Waals surface area contributed by atoms with Gasteiger partial charge in [-0.2, -0.15) is 0 Å². The molecule has 0 saturated carbocycles. The van der Waals surface area contributed by atoms with Crippen molar-refractivity contribution in [2.45, 2.75) is 166 Å². The van der Waals surface area contributed by atoms with Gasteiger partial charge in [-0.3, -0.25) is 16.0 Å². The quantitative estimate of drug-likeness (QED) is 0.0293. The van der Waals surface area contributed by atoms with Crippen molar-refractivity contribution >= 4 is 88.4 Å². The summed E-state index contributed by atoms with van der Waals surface area (Å²) < 4.78 is 31.1. The third-order valence-electron chi connectivity index (χ3n) is 11.7. The summed E-state index contributed by atoms with van der Waals surface area (Å²) in [6, 6.07) is 11.1. The van der Waals surface area contributed by atoms with Crippen molar-refractivity contribution in [1.82, 2.24) is 10.6 Å². The molecule has 0 radical (unpaired) electrons. The number of anilines is 6. The highest BCUT2D eigenvalue weighted by Crippen LogP contribution is 2.33. The number of amides is 9. The molecule has 0 bridgehead atoms. The van der Waals surface area contributed by atoms with Crippen LogP contribution in [0.2, 0.25) is 0 Å². The van der Waals surface area contributed by atoms with E-state index in [1.165, 1.54) is 54.6 Å². The van der Waals surface area contributed by atoms with E-state index in [-0.39, 0.29) is 83.7 Å². The predicted molar refractivity (Wildman–Crippen MR) is 326 cm³/mol. The van der Waals surface area contributed by atoms with Crippen LogP contribution in [0.5, 0.6) is 0 Å². The molecule has 24 heteroatoms. The van der Waals surface area contributed by atoms with E-state index in [9.17, 15) is 43.2 Å². The Balaban J connectivity index is 0.000000686. The number of primary amides is 1. The Bertz CT molecular complexity index is 2920. The fraction of sp³-hybridized carbons (Fsp3) is 0.459. The zero-order valence-electron chi connectivity index (χ0n) is 51.8. The molecular formula is C61H85N9O15. The van der Waals surface area contributed by atoms with Crippen molar-refractivity contribution in [3.8, 4) is 0 Å². The first kappa shape index (κ1) is 70.2. The molecule has 4 aromatic rings. The summed E-state index contributed by atoms with van der Waals surface area (Å²) >= 11 is 0. The van der Waals surface area contributed by atoms with Gasteiger partial charge in [0.25, 0.3) is 0 Å². The molecule has 0 spiro atoms. The molecule has 0 fully saturated rings. The normalized spacial score (nSPS) is 11.0. The maximum atomic E-state index is 13.6. The van der Waals surface area contributed by atoms with Gasteiger partial charge in [0.15, 0.2) is 0 Å². The van der Waals surface area contributed by atoms with E-state index in [1.54, 1.807) is 83.1 Å². The first-order valence-corrected chi connectivity index (χ1v) is 28.1. The second-order valence-corrected chi connectivity index (χ2v) is 21.7. The summed E-state index contributed by atoms with van der Waals surface area (Å²) in [7, 11) is 0. The lowest BCUT2D eigenvalue weighted by Crippen LogP contribution is -2.32. The summed E-state index contributed by atoms with van der Waals surface area (Å²) in [5.74, 6) is -1.74. The Morgan fingerprint density at radius 1 is 0.365 bits per heavy atom. The van der Waals surface area contributed by atoms with Crippen LogP contribution in [0.4, 0.5) is 62.9 Å². The molecule has 0 unspecified atom stereocenters. The first-order valence-electron chi connectivity index (χ1n) is 28.1. The third-order valence-corrected chi connectivity index (χ3v) is 11.7. The van der Waals surface area contributed by atoms with Crippen LogP contribution in [-0.4, -0.2) is 90.9 Å². The van der Waals surface area contributed by atoms with Gasteiger partial charge >= 0.3 is 54.3 Å². The topological polar surface area (TPSA) is 331 Å². The molecule has 24 nitrogen and oxygen atoms in total. The lowest BCUT2D eigenvalue weighted by Gasteiger charge is -2.26. The van der Waals surface area contributed by atoms with Crippen LogP contribution in [0.3, 0.4) is 0 Å². The van der Waals surface area contributed by atoms with Gasteiger partial charge in [-0.15, -0.1) is 0 Å². The second-order valence-electron chi connectivity index (χ2n) is 21.7. The Labute approximate surface area is 497 Å². The summed E-state index contributed by atoms with van der Waals surface area (Å²) in [5, 5.41) is 21.6. The van der Waals surface area contributed by atoms with E-state index in [1.807, 2.05) is 6.92 Å². The largest absolute Gasteiger partial charge is 0.462 e. The standard InChI is InChI=1S/C46H64N6O10.C15H21N3O5/c1-13-29-30(14-2)33(25-47-41(55)49-35-21-19-27(39(53)59-17-5)23-37(35)51-43(57)61-45(7,8)9)32(16-4)34(31(29)15-3)26-48-42(56)50-36-22-20-28(40(54)60-18-6)24-38(36)52-44(58)62-46(10,11)12;1-5-22-12(19)9-6-7-10(17-13(16)20)11(8-9)18-14(21)23-15(2,3)4/h19-24H,13-18,25-26H2,1-12H3,(H,51,57)(H,52,58)(H2,47,49,55)(H2,48,50,56);6-8H,5H2,1-4H3,(H,18,21)(H3,16,17,20).